The molecule has 1 N–H and O–H groups in total. The first-order chi connectivity index (χ1) is 18.0. The van der Waals surface area contributed by atoms with Gasteiger partial charge in [0.05, 0.1) is 18.4 Å². The molecule has 37 heavy (non-hydrogen) atoms. The van der Waals surface area contributed by atoms with E-state index in [-0.39, 0.29) is 22.6 Å². The number of aromatic nitrogens is 3. The number of para-hydroxylation sites is 2. The van der Waals surface area contributed by atoms with Gasteiger partial charge in [-0.15, -0.1) is 5.10 Å². The summed E-state index contributed by atoms with van der Waals surface area (Å²) in [6, 6.07) is 23.4. The van der Waals surface area contributed by atoms with Crippen LogP contribution in [-0.4, -0.2) is 40.1 Å². The van der Waals surface area contributed by atoms with Gasteiger partial charge in [-0.25, -0.2) is 0 Å². The summed E-state index contributed by atoms with van der Waals surface area (Å²) in [5.41, 5.74) is 2.36. The second kappa shape index (κ2) is 8.99. The van der Waals surface area contributed by atoms with Gasteiger partial charge in [-0.3, -0.25) is 19.3 Å². The van der Waals surface area contributed by atoms with E-state index in [4.69, 9.17) is 4.74 Å². The third-order valence-corrected chi connectivity index (χ3v) is 7.04. The molecule has 182 valence electrons. The Labute approximate surface area is 214 Å². The number of anilines is 2. The van der Waals surface area contributed by atoms with E-state index in [0.29, 0.717) is 33.5 Å². The molecule has 0 bridgehead atoms. The van der Waals surface area contributed by atoms with Crippen LogP contribution in [-0.2, 0) is 9.59 Å². The summed E-state index contributed by atoms with van der Waals surface area (Å²) in [6.07, 6.45) is 0. The Morgan fingerprint density at radius 1 is 0.973 bits per heavy atom. The number of hydrogen-bond acceptors (Lipinski definition) is 7. The Kier molecular flexibility index (Phi) is 5.50. The molecule has 3 aromatic carbocycles. The van der Waals surface area contributed by atoms with Crippen LogP contribution in [0, 0.1) is 0 Å². The molecule has 0 atom stereocenters. The summed E-state index contributed by atoms with van der Waals surface area (Å²) in [5.74, 6) is 0.347. The van der Waals surface area contributed by atoms with Crippen LogP contribution in [0.3, 0.4) is 0 Å². The number of rotatable bonds is 5. The minimum absolute atomic E-state index is 0.190. The highest BCUT2D eigenvalue weighted by Crippen LogP contribution is 2.35. The maximum atomic E-state index is 13.6. The number of methoxy groups -OCH3 is 1. The second-order valence-corrected chi connectivity index (χ2v) is 9.27. The summed E-state index contributed by atoms with van der Waals surface area (Å²) in [4.78, 5) is 46.0. The van der Waals surface area contributed by atoms with Crippen LogP contribution in [0.15, 0.2) is 83.7 Å². The highest BCUT2D eigenvalue weighted by atomic mass is 32.1. The Morgan fingerprint density at radius 2 is 1.70 bits per heavy atom. The summed E-state index contributed by atoms with van der Waals surface area (Å²) in [5, 5.41) is 7.18. The quantitative estimate of drug-likeness (QED) is 0.391. The van der Waals surface area contributed by atoms with Gasteiger partial charge in [0.2, 0.25) is 10.9 Å². The van der Waals surface area contributed by atoms with E-state index in [1.54, 1.807) is 55.6 Å². The third kappa shape index (κ3) is 3.93. The number of ether oxygens (including phenoxy) is 1. The number of nitrogens with one attached hydrogen (secondary N) is 1. The Balaban J connectivity index is 1.38. The van der Waals surface area contributed by atoms with Crippen molar-refractivity contribution in [2.75, 3.05) is 23.9 Å². The fraction of sp³-hybridized carbons (Fsp3) is 0.0741. The zero-order valence-corrected chi connectivity index (χ0v) is 20.4. The Bertz CT molecular complexity index is 1780. The SMILES string of the molecule is COc1ccc(-c2nc3s/c(=C4\C(=O)N(CC(=O)Nc5ccccc5)c5ccccc54)c(=O)n3n2)cc1. The predicted octanol–water partition coefficient (Wildman–Crippen LogP) is 2.73. The van der Waals surface area contributed by atoms with Crippen LogP contribution in [0.4, 0.5) is 11.4 Å². The lowest BCUT2D eigenvalue weighted by molar-refractivity contribution is -0.118. The van der Waals surface area contributed by atoms with Gasteiger partial charge in [0.1, 0.15) is 16.8 Å². The number of fused-ring (bicyclic) bond motifs is 2. The monoisotopic (exact) mass is 509 g/mol. The maximum Gasteiger partial charge on any atom is 0.291 e. The largest absolute Gasteiger partial charge is 0.497 e. The van der Waals surface area contributed by atoms with Crippen LogP contribution in [0.5, 0.6) is 5.75 Å². The minimum Gasteiger partial charge on any atom is -0.497 e. The van der Waals surface area contributed by atoms with Crippen molar-refractivity contribution in [2.24, 2.45) is 0 Å². The van der Waals surface area contributed by atoms with Gasteiger partial charge in [-0.1, -0.05) is 47.7 Å². The van der Waals surface area contributed by atoms with Crippen LogP contribution < -0.4 is 25.0 Å². The first kappa shape index (κ1) is 22.6. The summed E-state index contributed by atoms with van der Waals surface area (Å²) < 4.78 is 6.64. The van der Waals surface area contributed by atoms with Gasteiger partial charge in [0, 0.05) is 16.8 Å². The lowest BCUT2D eigenvalue weighted by Gasteiger charge is -2.16. The van der Waals surface area contributed by atoms with Crippen molar-refractivity contribution in [3.63, 3.8) is 0 Å². The molecular formula is C27H19N5O4S. The van der Waals surface area contributed by atoms with Crippen molar-refractivity contribution in [3.05, 3.63) is 99.3 Å². The molecule has 5 aromatic rings. The molecule has 0 saturated heterocycles. The molecule has 10 heteroatoms. The van der Waals surface area contributed by atoms with E-state index in [9.17, 15) is 14.4 Å². The van der Waals surface area contributed by atoms with Crippen LogP contribution >= 0.6 is 11.3 Å². The van der Waals surface area contributed by atoms with Crippen molar-refractivity contribution < 1.29 is 14.3 Å². The first-order valence-electron chi connectivity index (χ1n) is 11.4. The van der Waals surface area contributed by atoms with Crippen LogP contribution in [0.2, 0.25) is 0 Å². The minimum atomic E-state index is -0.430. The molecule has 0 saturated carbocycles. The zero-order chi connectivity index (χ0) is 25.5. The highest BCUT2D eigenvalue weighted by Gasteiger charge is 2.35. The van der Waals surface area contributed by atoms with Crippen LogP contribution in [0.25, 0.3) is 21.9 Å². The average molecular weight is 510 g/mol. The summed E-state index contributed by atoms with van der Waals surface area (Å²) in [6.45, 7) is -0.190. The highest BCUT2D eigenvalue weighted by molar-refractivity contribution is 7.15. The molecule has 1 aliphatic heterocycles. The molecule has 0 spiro atoms. The number of benzene rings is 3. The molecule has 2 amide bonds. The zero-order valence-electron chi connectivity index (χ0n) is 19.5. The molecule has 6 rings (SSSR count). The molecule has 0 aliphatic carbocycles. The molecule has 0 unspecified atom stereocenters. The van der Waals surface area contributed by atoms with Gasteiger partial charge < -0.3 is 10.1 Å². The summed E-state index contributed by atoms with van der Waals surface area (Å²) >= 11 is 1.10. The van der Waals surface area contributed by atoms with Crippen molar-refractivity contribution in [1.29, 1.82) is 0 Å². The third-order valence-electron chi connectivity index (χ3n) is 6.02. The lowest BCUT2D eigenvalue weighted by atomic mass is 10.1. The van der Waals surface area contributed by atoms with E-state index < -0.39 is 11.5 Å². The topological polar surface area (TPSA) is 106 Å². The number of amides is 2. The number of nitrogens with zero attached hydrogens (tertiary/aromatic N) is 4. The van der Waals surface area contributed by atoms with Crippen LogP contribution in [0.1, 0.15) is 5.56 Å². The number of thiazole rings is 1. The predicted molar refractivity (Wildman–Crippen MR) is 141 cm³/mol. The van der Waals surface area contributed by atoms with E-state index in [2.05, 4.69) is 15.4 Å². The number of carbonyl (C=O) groups excluding carboxylic acids is 2. The molecule has 3 heterocycles. The van der Waals surface area contributed by atoms with E-state index in [1.165, 1.54) is 9.42 Å². The van der Waals surface area contributed by atoms with Gasteiger partial charge in [0.15, 0.2) is 5.82 Å². The van der Waals surface area contributed by atoms with E-state index >= 15 is 0 Å². The van der Waals surface area contributed by atoms with Gasteiger partial charge in [0.25, 0.3) is 11.5 Å². The fourth-order valence-electron chi connectivity index (χ4n) is 4.27. The van der Waals surface area contributed by atoms with Crippen molar-refractivity contribution in [3.8, 4) is 17.1 Å². The number of carbonyl (C=O) groups is 2. The lowest BCUT2D eigenvalue weighted by Crippen LogP contribution is -2.37. The smallest absolute Gasteiger partial charge is 0.291 e. The van der Waals surface area contributed by atoms with E-state index in [0.717, 1.165) is 16.9 Å². The molecule has 0 radical (unpaired) electrons. The van der Waals surface area contributed by atoms with Crippen molar-refractivity contribution in [2.45, 2.75) is 0 Å². The maximum absolute atomic E-state index is 13.6. The standard InChI is InChI=1S/C27H19N5O4S/c1-36-18-13-11-16(12-14-18)24-29-27-32(30-24)26(35)23(37-27)22-19-9-5-6-10-20(19)31(25(22)34)15-21(33)28-17-7-3-2-4-8-17/h2-14H,15H2,1H3,(H,28,33)/b23-22-. The Morgan fingerprint density at radius 3 is 2.43 bits per heavy atom. The molecular weight excluding hydrogens is 490 g/mol. The second-order valence-electron chi connectivity index (χ2n) is 8.29. The molecule has 1 aliphatic rings. The summed E-state index contributed by atoms with van der Waals surface area (Å²) in [7, 11) is 1.59. The number of hydrogen-bond donors (Lipinski definition) is 1. The van der Waals surface area contributed by atoms with Crippen molar-refractivity contribution in [1.82, 2.24) is 14.6 Å². The Hall–Kier alpha value is -4.83. The molecule has 0 fully saturated rings. The molecule has 2 aromatic heterocycles. The molecule has 9 nitrogen and oxygen atoms in total. The fourth-order valence-corrected chi connectivity index (χ4v) is 5.27. The first-order valence-corrected chi connectivity index (χ1v) is 12.2. The van der Waals surface area contributed by atoms with Gasteiger partial charge >= 0.3 is 0 Å². The normalized spacial score (nSPS) is 14.2. The van der Waals surface area contributed by atoms with Gasteiger partial charge in [-0.2, -0.15) is 9.50 Å². The van der Waals surface area contributed by atoms with Gasteiger partial charge in [-0.05, 0) is 42.5 Å². The van der Waals surface area contributed by atoms with E-state index in [1.807, 2.05) is 30.3 Å². The van der Waals surface area contributed by atoms with Crippen molar-refractivity contribution >= 4 is 45.1 Å². The average Bonchev–Trinajstić information content (AvgIpc) is 3.55.